The van der Waals surface area contributed by atoms with Gasteiger partial charge in [0, 0.05) is 17.3 Å². The average Bonchev–Trinajstić information content (AvgIpc) is 2.77. The number of esters is 1. The first-order valence-electron chi connectivity index (χ1n) is 10.0. The summed E-state index contributed by atoms with van der Waals surface area (Å²) in [6.45, 7) is 3.26. The molecule has 0 fully saturated rings. The zero-order valence-electron chi connectivity index (χ0n) is 18.1. The van der Waals surface area contributed by atoms with Crippen molar-refractivity contribution in [2.45, 2.75) is 25.3 Å². The number of carbonyl (C=O) groups excluding carboxylic acids is 2. The van der Waals surface area contributed by atoms with Gasteiger partial charge in [-0.15, -0.1) is 0 Å². The molecular formula is C24H23ClN2O5S. The van der Waals surface area contributed by atoms with Crippen molar-refractivity contribution >= 4 is 39.2 Å². The van der Waals surface area contributed by atoms with Crippen LogP contribution in [0.25, 0.3) is 0 Å². The first-order chi connectivity index (χ1) is 15.6. The quantitative estimate of drug-likeness (QED) is 0.464. The summed E-state index contributed by atoms with van der Waals surface area (Å²) in [4.78, 5) is 24.5. The molecule has 33 heavy (non-hydrogen) atoms. The van der Waals surface area contributed by atoms with Crippen LogP contribution in [0.4, 0.5) is 5.69 Å². The van der Waals surface area contributed by atoms with E-state index >= 15 is 0 Å². The molecule has 3 aromatic rings. The Kier molecular flexibility index (Phi) is 7.73. The summed E-state index contributed by atoms with van der Waals surface area (Å²) in [5.41, 5.74) is 2.74. The van der Waals surface area contributed by atoms with Crippen LogP contribution in [0, 0.1) is 13.8 Å². The van der Waals surface area contributed by atoms with Crippen molar-refractivity contribution in [2.24, 2.45) is 0 Å². The van der Waals surface area contributed by atoms with Crippen molar-refractivity contribution in [3.63, 3.8) is 0 Å². The average molecular weight is 487 g/mol. The molecule has 0 spiro atoms. The molecule has 0 heterocycles. The summed E-state index contributed by atoms with van der Waals surface area (Å²) in [7, 11) is -3.92. The third kappa shape index (κ3) is 6.81. The topological polar surface area (TPSA) is 102 Å². The Morgan fingerprint density at radius 3 is 2.39 bits per heavy atom. The lowest BCUT2D eigenvalue weighted by molar-refractivity contribution is -0.124. The van der Waals surface area contributed by atoms with Gasteiger partial charge in [0.2, 0.25) is 0 Å². The SMILES string of the molecule is Cc1cccc(NS(=O)(=O)c2ccc(C)c(C(=O)OCC(=O)NCc3ccc(Cl)cc3)c2)c1. The first-order valence-corrected chi connectivity index (χ1v) is 11.9. The summed E-state index contributed by atoms with van der Waals surface area (Å²) in [6, 6.07) is 18.0. The van der Waals surface area contributed by atoms with Gasteiger partial charge in [0.25, 0.3) is 15.9 Å². The number of carbonyl (C=O) groups is 2. The second-order valence-electron chi connectivity index (χ2n) is 7.43. The summed E-state index contributed by atoms with van der Waals surface area (Å²) >= 11 is 5.83. The Bertz CT molecular complexity index is 1270. The fourth-order valence-electron chi connectivity index (χ4n) is 2.97. The van der Waals surface area contributed by atoms with Crippen molar-refractivity contribution in [3.05, 3.63) is 94.0 Å². The number of ether oxygens (including phenoxy) is 1. The molecule has 0 saturated heterocycles. The number of sulfonamides is 1. The van der Waals surface area contributed by atoms with E-state index in [0.717, 1.165) is 11.1 Å². The molecule has 0 unspecified atom stereocenters. The number of nitrogens with one attached hydrogen (secondary N) is 2. The third-order valence-electron chi connectivity index (χ3n) is 4.75. The highest BCUT2D eigenvalue weighted by Crippen LogP contribution is 2.20. The molecule has 0 aliphatic rings. The van der Waals surface area contributed by atoms with E-state index in [1.807, 2.05) is 13.0 Å². The van der Waals surface area contributed by atoms with Gasteiger partial charge >= 0.3 is 5.97 Å². The normalized spacial score (nSPS) is 11.0. The van der Waals surface area contributed by atoms with Crippen LogP contribution in [0.15, 0.2) is 71.6 Å². The third-order valence-corrected chi connectivity index (χ3v) is 6.38. The van der Waals surface area contributed by atoms with E-state index < -0.39 is 28.5 Å². The fraction of sp³-hybridized carbons (Fsp3) is 0.167. The summed E-state index contributed by atoms with van der Waals surface area (Å²) in [6.07, 6.45) is 0. The molecule has 0 aliphatic heterocycles. The maximum atomic E-state index is 12.8. The molecule has 0 atom stereocenters. The maximum absolute atomic E-state index is 12.8. The van der Waals surface area contributed by atoms with Crippen LogP contribution in [-0.2, 0) is 26.1 Å². The van der Waals surface area contributed by atoms with Crippen LogP contribution >= 0.6 is 11.6 Å². The Balaban J connectivity index is 1.63. The smallest absolute Gasteiger partial charge is 0.338 e. The van der Waals surface area contributed by atoms with Gasteiger partial charge in [-0.25, -0.2) is 13.2 Å². The highest BCUT2D eigenvalue weighted by molar-refractivity contribution is 7.92. The lowest BCUT2D eigenvalue weighted by atomic mass is 10.1. The standard InChI is InChI=1S/C24H23ClN2O5S/c1-16-4-3-5-20(12-16)27-33(30,31)21-11-6-17(2)22(13-21)24(29)32-15-23(28)26-14-18-7-9-19(25)10-8-18/h3-13,27H,14-15H2,1-2H3,(H,26,28). The van der Waals surface area contributed by atoms with Gasteiger partial charge in [0.1, 0.15) is 0 Å². The van der Waals surface area contributed by atoms with E-state index in [0.29, 0.717) is 16.3 Å². The minimum absolute atomic E-state index is 0.0626. The molecule has 2 N–H and O–H groups in total. The van der Waals surface area contributed by atoms with E-state index in [4.69, 9.17) is 16.3 Å². The number of anilines is 1. The zero-order valence-corrected chi connectivity index (χ0v) is 19.7. The molecule has 9 heteroatoms. The van der Waals surface area contributed by atoms with Gasteiger partial charge in [-0.05, 0) is 66.9 Å². The number of halogens is 1. The van der Waals surface area contributed by atoms with Crippen LogP contribution in [-0.4, -0.2) is 26.9 Å². The van der Waals surface area contributed by atoms with Crippen LogP contribution in [0.2, 0.25) is 5.02 Å². The number of rotatable bonds is 8. The van der Waals surface area contributed by atoms with Crippen LogP contribution in [0.1, 0.15) is 27.0 Å². The minimum Gasteiger partial charge on any atom is -0.452 e. The Morgan fingerprint density at radius 1 is 0.970 bits per heavy atom. The highest BCUT2D eigenvalue weighted by Gasteiger charge is 2.20. The van der Waals surface area contributed by atoms with Gasteiger partial charge in [0.05, 0.1) is 10.5 Å². The Hall–Kier alpha value is -3.36. The van der Waals surface area contributed by atoms with E-state index in [1.165, 1.54) is 18.2 Å². The second-order valence-corrected chi connectivity index (χ2v) is 9.55. The van der Waals surface area contributed by atoms with Crippen molar-refractivity contribution in [2.75, 3.05) is 11.3 Å². The highest BCUT2D eigenvalue weighted by atomic mass is 35.5. The first kappa shape index (κ1) is 24.3. The van der Waals surface area contributed by atoms with Gasteiger partial charge in [0.15, 0.2) is 6.61 Å². The van der Waals surface area contributed by atoms with Gasteiger partial charge < -0.3 is 10.1 Å². The van der Waals surface area contributed by atoms with Gasteiger partial charge in [-0.3, -0.25) is 9.52 Å². The van der Waals surface area contributed by atoms with Crippen LogP contribution < -0.4 is 10.0 Å². The summed E-state index contributed by atoms with van der Waals surface area (Å²) in [5.74, 6) is -1.28. The van der Waals surface area contributed by atoms with E-state index in [-0.39, 0.29) is 17.0 Å². The molecule has 0 saturated carbocycles. The second kappa shape index (κ2) is 10.5. The predicted molar refractivity (Wildman–Crippen MR) is 127 cm³/mol. The van der Waals surface area contributed by atoms with Crippen molar-refractivity contribution < 1.29 is 22.7 Å². The molecule has 7 nitrogen and oxygen atoms in total. The van der Waals surface area contributed by atoms with E-state index in [9.17, 15) is 18.0 Å². The summed E-state index contributed by atoms with van der Waals surface area (Å²) in [5, 5.41) is 3.23. The molecular weight excluding hydrogens is 464 g/mol. The minimum atomic E-state index is -3.92. The Morgan fingerprint density at radius 2 is 1.70 bits per heavy atom. The van der Waals surface area contributed by atoms with Crippen molar-refractivity contribution in [1.82, 2.24) is 5.32 Å². The summed E-state index contributed by atoms with van der Waals surface area (Å²) < 4.78 is 33.1. The van der Waals surface area contributed by atoms with Gasteiger partial charge in [-0.1, -0.05) is 41.9 Å². The van der Waals surface area contributed by atoms with Crippen molar-refractivity contribution in [1.29, 1.82) is 0 Å². The number of hydrogen-bond donors (Lipinski definition) is 2. The molecule has 1 amide bonds. The maximum Gasteiger partial charge on any atom is 0.338 e. The van der Waals surface area contributed by atoms with E-state index in [2.05, 4.69) is 10.0 Å². The number of aryl methyl sites for hydroxylation is 2. The molecule has 172 valence electrons. The lowest BCUT2D eigenvalue weighted by Crippen LogP contribution is -2.28. The zero-order chi connectivity index (χ0) is 24.0. The van der Waals surface area contributed by atoms with Crippen LogP contribution in [0.3, 0.4) is 0 Å². The van der Waals surface area contributed by atoms with Crippen LogP contribution in [0.5, 0.6) is 0 Å². The number of amides is 1. The number of hydrogen-bond acceptors (Lipinski definition) is 5. The largest absolute Gasteiger partial charge is 0.452 e. The molecule has 3 rings (SSSR count). The fourth-order valence-corrected chi connectivity index (χ4v) is 4.17. The lowest BCUT2D eigenvalue weighted by Gasteiger charge is -2.12. The Labute approximate surface area is 197 Å². The van der Waals surface area contributed by atoms with Gasteiger partial charge in [-0.2, -0.15) is 0 Å². The predicted octanol–water partition coefficient (Wildman–Crippen LogP) is 4.23. The molecule has 0 radical (unpaired) electrons. The van der Waals surface area contributed by atoms with E-state index in [1.54, 1.807) is 49.4 Å². The molecule has 3 aromatic carbocycles. The molecule has 0 aliphatic carbocycles. The monoisotopic (exact) mass is 486 g/mol. The van der Waals surface area contributed by atoms with Crippen molar-refractivity contribution in [3.8, 4) is 0 Å². The number of benzene rings is 3. The molecule has 0 aromatic heterocycles. The molecule has 0 bridgehead atoms.